The van der Waals surface area contributed by atoms with Gasteiger partial charge in [-0.25, -0.2) is 0 Å². The minimum atomic E-state index is -0.504. The molecule has 72 valence electrons. The van der Waals surface area contributed by atoms with Crippen molar-refractivity contribution < 1.29 is 4.74 Å². The highest BCUT2D eigenvalue weighted by molar-refractivity contribution is 6.20. The summed E-state index contributed by atoms with van der Waals surface area (Å²) in [5.74, 6) is 0.764. The first-order valence-electron chi connectivity index (χ1n) is 4.11. The summed E-state index contributed by atoms with van der Waals surface area (Å²) in [6, 6.07) is 3.98. The van der Waals surface area contributed by atoms with Gasteiger partial charge in [-0.3, -0.25) is 0 Å². The molecule has 0 spiro atoms. The fraction of sp³-hybridized carbons (Fsp3) is 0.400. The van der Waals surface area contributed by atoms with Gasteiger partial charge in [0.25, 0.3) is 0 Å². The molecule has 2 N–H and O–H groups in total. The molecule has 0 aliphatic rings. The zero-order valence-electron chi connectivity index (χ0n) is 8.10. The number of benzene rings is 1. The van der Waals surface area contributed by atoms with Crippen molar-refractivity contribution in [2.45, 2.75) is 19.3 Å². The van der Waals surface area contributed by atoms with E-state index in [1.165, 1.54) is 0 Å². The second-order valence-electron chi connectivity index (χ2n) is 3.10. The summed E-state index contributed by atoms with van der Waals surface area (Å²) in [5, 5.41) is 0. The number of aryl methyl sites for hydroxylation is 2. The summed E-state index contributed by atoms with van der Waals surface area (Å²) in [6.07, 6.45) is 0. The lowest BCUT2D eigenvalue weighted by Gasteiger charge is -2.14. The molecule has 0 saturated heterocycles. The maximum absolute atomic E-state index is 5.84. The zero-order chi connectivity index (χ0) is 10.0. The van der Waals surface area contributed by atoms with Crippen molar-refractivity contribution in [1.82, 2.24) is 0 Å². The molecule has 0 heterocycles. The highest BCUT2D eigenvalue weighted by Gasteiger charge is 2.12. The molecule has 0 bridgehead atoms. The Balaban J connectivity index is 3.30. The van der Waals surface area contributed by atoms with E-state index in [0.717, 1.165) is 22.4 Å². The molecule has 0 aliphatic heterocycles. The van der Waals surface area contributed by atoms with Crippen LogP contribution in [0.2, 0.25) is 0 Å². The van der Waals surface area contributed by atoms with E-state index in [4.69, 9.17) is 22.1 Å². The molecule has 1 aromatic carbocycles. The van der Waals surface area contributed by atoms with E-state index in [2.05, 4.69) is 0 Å². The Morgan fingerprint density at radius 3 is 2.46 bits per heavy atom. The van der Waals surface area contributed by atoms with Crippen molar-refractivity contribution in [1.29, 1.82) is 0 Å². The number of hydrogen-bond acceptors (Lipinski definition) is 2. The third-order valence-electron chi connectivity index (χ3n) is 1.99. The average Bonchev–Trinajstić information content (AvgIpc) is 2.01. The van der Waals surface area contributed by atoms with E-state index in [1.54, 1.807) is 7.11 Å². The molecule has 1 aromatic rings. The summed E-state index contributed by atoms with van der Waals surface area (Å²) in [7, 11) is 1.62. The first kappa shape index (κ1) is 10.4. The Morgan fingerprint density at radius 2 is 2.00 bits per heavy atom. The Labute approximate surface area is 83.6 Å². The van der Waals surface area contributed by atoms with Gasteiger partial charge < -0.3 is 10.5 Å². The molecule has 3 heteroatoms. The van der Waals surface area contributed by atoms with Gasteiger partial charge in [-0.15, -0.1) is 11.6 Å². The van der Waals surface area contributed by atoms with E-state index in [-0.39, 0.29) is 0 Å². The predicted octanol–water partition coefficient (Wildman–Crippen LogP) is 2.51. The monoisotopic (exact) mass is 199 g/mol. The molecule has 1 rings (SSSR count). The maximum Gasteiger partial charge on any atom is 0.125 e. The molecule has 0 amide bonds. The first-order valence-corrected chi connectivity index (χ1v) is 4.54. The van der Waals surface area contributed by atoms with Crippen molar-refractivity contribution in [3.63, 3.8) is 0 Å². The van der Waals surface area contributed by atoms with E-state index in [0.29, 0.717) is 0 Å². The van der Waals surface area contributed by atoms with Gasteiger partial charge in [0.2, 0.25) is 0 Å². The second kappa shape index (κ2) is 3.99. The molecule has 0 aliphatic carbocycles. The summed E-state index contributed by atoms with van der Waals surface area (Å²) in [6.45, 7) is 3.99. The summed E-state index contributed by atoms with van der Waals surface area (Å²) in [4.78, 5) is 0. The van der Waals surface area contributed by atoms with Crippen LogP contribution in [0, 0.1) is 13.8 Å². The number of ether oxygens (including phenoxy) is 1. The number of nitrogens with two attached hydrogens (primary N) is 1. The van der Waals surface area contributed by atoms with Crippen LogP contribution in [0.15, 0.2) is 12.1 Å². The number of rotatable bonds is 2. The van der Waals surface area contributed by atoms with Gasteiger partial charge in [0, 0.05) is 5.56 Å². The summed E-state index contributed by atoms with van der Waals surface area (Å²) < 4.78 is 5.20. The Morgan fingerprint density at radius 1 is 1.38 bits per heavy atom. The van der Waals surface area contributed by atoms with Crippen LogP contribution in [-0.4, -0.2) is 7.11 Å². The molecular formula is C10H14ClNO. The molecule has 0 radical (unpaired) electrons. The van der Waals surface area contributed by atoms with E-state index < -0.39 is 5.50 Å². The van der Waals surface area contributed by atoms with Crippen LogP contribution in [-0.2, 0) is 0 Å². The summed E-state index contributed by atoms with van der Waals surface area (Å²) in [5.41, 5.74) is 8.21. The second-order valence-corrected chi connectivity index (χ2v) is 3.57. The molecule has 0 fully saturated rings. The van der Waals surface area contributed by atoms with Crippen LogP contribution in [0.25, 0.3) is 0 Å². The average molecular weight is 200 g/mol. The van der Waals surface area contributed by atoms with Gasteiger partial charge in [0.1, 0.15) is 11.3 Å². The van der Waals surface area contributed by atoms with Crippen LogP contribution in [0.3, 0.4) is 0 Å². The quantitative estimate of drug-likeness (QED) is 0.587. The SMILES string of the molecule is COc1cc(C)cc(C)c1C(N)Cl. The lowest BCUT2D eigenvalue weighted by atomic mass is 10.0. The Hall–Kier alpha value is -0.730. The van der Waals surface area contributed by atoms with Crippen molar-refractivity contribution in [3.8, 4) is 5.75 Å². The third kappa shape index (κ3) is 2.14. The smallest absolute Gasteiger partial charge is 0.125 e. The first-order chi connectivity index (χ1) is 6.06. The minimum absolute atomic E-state index is 0.504. The summed E-state index contributed by atoms with van der Waals surface area (Å²) >= 11 is 5.84. The molecule has 0 saturated carbocycles. The van der Waals surface area contributed by atoms with Crippen LogP contribution < -0.4 is 10.5 Å². The van der Waals surface area contributed by atoms with Crippen LogP contribution in [0.4, 0.5) is 0 Å². The van der Waals surface area contributed by atoms with Crippen molar-refractivity contribution in [3.05, 3.63) is 28.8 Å². The number of halogens is 1. The van der Waals surface area contributed by atoms with Gasteiger partial charge in [-0.2, -0.15) is 0 Å². The molecule has 1 atom stereocenters. The van der Waals surface area contributed by atoms with Crippen LogP contribution in [0.1, 0.15) is 22.2 Å². The van der Waals surface area contributed by atoms with Gasteiger partial charge in [-0.1, -0.05) is 6.07 Å². The number of hydrogen-bond donors (Lipinski definition) is 1. The van der Waals surface area contributed by atoms with Crippen molar-refractivity contribution >= 4 is 11.6 Å². The molecule has 0 aromatic heterocycles. The van der Waals surface area contributed by atoms with Gasteiger partial charge in [0.05, 0.1) is 7.11 Å². The predicted molar refractivity (Wildman–Crippen MR) is 55.2 cm³/mol. The Kier molecular flexibility index (Phi) is 3.17. The Bertz CT molecular complexity index is 310. The molecule has 13 heavy (non-hydrogen) atoms. The minimum Gasteiger partial charge on any atom is -0.496 e. The van der Waals surface area contributed by atoms with Crippen LogP contribution >= 0.6 is 11.6 Å². The number of methoxy groups -OCH3 is 1. The lowest BCUT2D eigenvalue weighted by molar-refractivity contribution is 0.408. The lowest BCUT2D eigenvalue weighted by Crippen LogP contribution is -2.07. The van der Waals surface area contributed by atoms with E-state index >= 15 is 0 Å². The highest BCUT2D eigenvalue weighted by Crippen LogP contribution is 2.30. The van der Waals surface area contributed by atoms with Gasteiger partial charge in [-0.05, 0) is 31.0 Å². The normalized spacial score (nSPS) is 12.7. The molecule has 2 nitrogen and oxygen atoms in total. The fourth-order valence-electron chi connectivity index (χ4n) is 1.46. The molecular weight excluding hydrogens is 186 g/mol. The van der Waals surface area contributed by atoms with Crippen molar-refractivity contribution in [2.24, 2.45) is 5.73 Å². The molecule has 1 unspecified atom stereocenters. The van der Waals surface area contributed by atoms with Gasteiger partial charge in [0.15, 0.2) is 0 Å². The van der Waals surface area contributed by atoms with E-state index in [9.17, 15) is 0 Å². The standard InChI is InChI=1S/C10H14ClNO/c1-6-4-7(2)9(10(11)12)8(5-6)13-3/h4-5,10H,12H2,1-3H3. The zero-order valence-corrected chi connectivity index (χ0v) is 8.85. The fourth-order valence-corrected chi connectivity index (χ4v) is 1.74. The number of alkyl halides is 1. The van der Waals surface area contributed by atoms with Gasteiger partial charge >= 0.3 is 0 Å². The highest BCUT2D eigenvalue weighted by atomic mass is 35.5. The third-order valence-corrected chi connectivity index (χ3v) is 2.21. The van der Waals surface area contributed by atoms with E-state index in [1.807, 2.05) is 26.0 Å². The topological polar surface area (TPSA) is 35.2 Å². The van der Waals surface area contributed by atoms with Crippen LogP contribution in [0.5, 0.6) is 5.75 Å². The largest absolute Gasteiger partial charge is 0.496 e. The maximum atomic E-state index is 5.84. The van der Waals surface area contributed by atoms with Crippen molar-refractivity contribution in [2.75, 3.05) is 7.11 Å².